The lowest BCUT2D eigenvalue weighted by atomic mass is 10.0. The first-order valence-corrected chi connectivity index (χ1v) is 4.66. The highest BCUT2D eigenvalue weighted by Gasteiger charge is 2.14. The predicted octanol–water partition coefficient (Wildman–Crippen LogP) is 1.07. The van der Waals surface area contributed by atoms with Crippen LogP contribution in [0.25, 0.3) is 0 Å². The van der Waals surface area contributed by atoms with Gasteiger partial charge in [-0.3, -0.25) is 9.59 Å². The first kappa shape index (κ1) is 10.7. The van der Waals surface area contributed by atoms with E-state index in [0.717, 1.165) is 0 Å². The number of aldehydes is 1. The lowest BCUT2D eigenvalue weighted by Crippen LogP contribution is -2.16. The molecule has 2 N–H and O–H groups in total. The number of nitrogens with two attached hydrogens (primary N) is 1. The molecule has 0 aliphatic carbocycles. The van der Waals surface area contributed by atoms with Crippen molar-refractivity contribution < 1.29 is 9.59 Å². The number of carbonyl (C=O) groups is 2. The molecule has 0 atom stereocenters. The Bertz CT molecular complexity index is 449. The quantitative estimate of drug-likeness (QED) is 0.655. The number of halogens is 1. The van der Waals surface area contributed by atoms with Gasteiger partial charge in [0.2, 0.25) is 0 Å². The maximum absolute atomic E-state index is 11.0. The maximum Gasteiger partial charge on any atom is 0.250 e. The summed E-state index contributed by atoms with van der Waals surface area (Å²) in [5.41, 5.74) is 5.34. The van der Waals surface area contributed by atoms with Gasteiger partial charge in [0.25, 0.3) is 5.91 Å². The molecule has 0 saturated heterocycles. The molecule has 0 heterocycles. The van der Waals surface area contributed by atoms with Crippen molar-refractivity contribution in [1.29, 1.82) is 5.26 Å². The van der Waals surface area contributed by atoms with E-state index in [9.17, 15) is 9.59 Å². The molecule has 1 aromatic carbocycles. The van der Waals surface area contributed by atoms with Crippen LogP contribution in [0.15, 0.2) is 12.1 Å². The molecule has 0 fully saturated rings. The number of carbonyl (C=O) groups excluding carboxylic acids is 2. The van der Waals surface area contributed by atoms with Crippen molar-refractivity contribution in [3.63, 3.8) is 0 Å². The number of nitrogens with zero attached hydrogens (tertiary/aromatic N) is 1. The molecule has 0 spiro atoms. The summed E-state index contributed by atoms with van der Waals surface area (Å²) in [6, 6.07) is 4.84. The van der Waals surface area contributed by atoms with Crippen molar-refractivity contribution in [2.45, 2.75) is 0 Å². The zero-order chi connectivity index (χ0) is 10.7. The van der Waals surface area contributed by atoms with Crippen molar-refractivity contribution >= 4 is 34.8 Å². The Balaban J connectivity index is 3.58. The minimum absolute atomic E-state index is 0.0112. The first-order valence-electron chi connectivity index (χ1n) is 3.58. The van der Waals surface area contributed by atoms with Crippen molar-refractivity contribution in [1.82, 2.24) is 0 Å². The van der Waals surface area contributed by atoms with Crippen LogP contribution in [0, 0.1) is 14.9 Å². The molecular formula is C9H5IN2O2. The van der Waals surface area contributed by atoms with Crippen LogP contribution in [0.1, 0.15) is 26.3 Å². The van der Waals surface area contributed by atoms with E-state index < -0.39 is 5.91 Å². The summed E-state index contributed by atoms with van der Waals surface area (Å²) in [5.74, 6) is -0.764. The molecule has 70 valence electrons. The lowest BCUT2D eigenvalue weighted by molar-refractivity contribution is 0.0992. The first-order chi connectivity index (χ1) is 6.60. The fourth-order valence-corrected chi connectivity index (χ4v) is 1.73. The fourth-order valence-electron chi connectivity index (χ4n) is 1.08. The molecule has 0 radical (unpaired) electrons. The molecular weight excluding hydrogens is 295 g/mol. The molecule has 14 heavy (non-hydrogen) atoms. The molecule has 0 bridgehead atoms. The van der Waals surface area contributed by atoms with Crippen molar-refractivity contribution in [3.05, 3.63) is 32.4 Å². The van der Waals surface area contributed by atoms with Gasteiger partial charge in [0, 0.05) is 9.13 Å². The molecule has 0 aliphatic heterocycles. The maximum atomic E-state index is 11.0. The Hall–Kier alpha value is -1.42. The third kappa shape index (κ3) is 1.90. The summed E-state index contributed by atoms with van der Waals surface area (Å²) in [6.07, 6.45) is 0.517. The minimum Gasteiger partial charge on any atom is -0.366 e. The van der Waals surface area contributed by atoms with Gasteiger partial charge in [-0.05, 0) is 34.7 Å². The van der Waals surface area contributed by atoms with Crippen LogP contribution in [0.2, 0.25) is 0 Å². The zero-order valence-corrected chi connectivity index (χ0v) is 9.11. The van der Waals surface area contributed by atoms with E-state index >= 15 is 0 Å². The largest absolute Gasteiger partial charge is 0.366 e. The monoisotopic (exact) mass is 300 g/mol. The van der Waals surface area contributed by atoms with E-state index in [-0.39, 0.29) is 16.7 Å². The van der Waals surface area contributed by atoms with Gasteiger partial charge in [0.1, 0.15) is 6.07 Å². The lowest BCUT2D eigenvalue weighted by Gasteiger charge is -2.03. The smallest absolute Gasteiger partial charge is 0.250 e. The van der Waals surface area contributed by atoms with Gasteiger partial charge in [0.15, 0.2) is 6.29 Å². The molecule has 4 nitrogen and oxygen atoms in total. The van der Waals surface area contributed by atoms with Crippen LogP contribution >= 0.6 is 22.6 Å². The topological polar surface area (TPSA) is 83.9 Å². The highest BCUT2D eigenvalue weighted by Crippen LogP contribution is 2.17. The second kappa shape index (κ2) is 4.19. The summed E-state index contributed by atoms with van der Waals surface area (Å²) in [5, 5.41) is 8.73. The van der Waals surface area contributed by atoms with Gasteiger partial charge in [-0.25, -0.2) is 0 Å². The zero-order valence-electron chi connectivity index (χ0n) is 6.95. The third-order valence-electron chi connectivity index (χ3n) is 1.63. The fraction of sp³-hybridized carbons (Fsp3) is 0. The number of rotatable bonds is 2. The van der Waals surface area contributed by atoms with E-state index in [1.165, 1.54) is 12.1 Å². The molecule has 1 amide bonds. The van der Waals surface area contributed by atoms with Gasteiger partial charge in [0.05, 0.1) is 11.1 Å². The summed E-state index contributed by atoms with van der Waals surface area (Å²) in [4.78, 5) is 21.6. The van der Waals surface area contributed by atoms with Crippen molar-refractivity contribution in [2.24, 2.45) is 5.73 Å². The summed E-state index contributed by atoms with van der Waals surface area (Å²) >= 11 is 1.96. The Morgan fingerprint density at radius 2 is 2.21 bits per heavy atom. The van der Waals surface area contributed by atoms with Gasteiger partial charge < -0.3 is 5.73 Å². The van der Waals surface area contributed by atoms with Crippen LogP contribution in [-0.4, -0.2) is 12.2 Å². The number of hydrogen-bond acceptors (Lipinski definition) is 3. The van der Waals surface area contributed by atoms with Crippen molar-refractivity contribution in [2.75, 3.05) is 0 Å². The van der Waals surface area contributed by atoms with Crippen LogP contribution in [0.3, 0.4) is 0 Å². The van der Waals surface area contributed by atoms with E-state index in [4.69, 9.17) is 11.0 Å². The van der Waals surface area contributed by atoms with E-state index in [1.54, 1.807) is 0 Å². The van der Waals surface area contributed by atoms with Gasteiger partial charge in [-0.15, -0.1) is 0 Å². The number of amides is 1. The van der Waals surface area contributed by atoms with Gasteiger partial charge in [-0.1, -0.05) is 0 Å². The molecule has 5 heteroatoms. The average Bonchev–Trinajstić information content (AvgIpc) is 2.15. The van der Waals surface area contributed by atoms with Crippen LogP contribution < -0.4 is 5.73 Å². The summed E-state index contributed by atoms with van der Waals surface area (Å²) in [7, 11) is 0. The van der Waals surface area contributed by atoms with Crippen LogP contribution in [0.4, 0.5) is 0 Å². The third-order valence-corrected chi connectivity index (χ3v) is 2.25. The molecule has 1 rings (SSSR count). The molecule has 0 aromatic heterocycles. The van der Waals surface area contributed by atoms with E-state index in [0.29, 0.717) is 9.86 Å². The Morgan fingerprint density at radius 3 is 2.64 bits per heavy atom. The van der Waals surface area contributed by atoms with E-state index in [1.807, 2.05) is 28.7 Å². The predicted molar refractivity (Wildman–Crippen MR) is 57.8 cm³/mol. The van der Waals surface area contributed by atoms with Gasteiger partial charge >= 0.3 is 0 Å². The highest BCUT2D eigenvalue weighted by molar-refractivity contribution is 14.1. The van der Waals surface area contributed by atoms with E-state index in [2.05, 4.69) is 0 Å². The van der Waals surface area contributed by atoms with Crippen LogP contribution in [-0.2, 0) is 0 Å². The van der Waals surface area contributed by atoms with Crippen molar-refractivity contribution in [3.8, 4) is 6.07 Å². The Morgan fingerprint density at radius 1 is 1.57 bits per heavy atom. The average molecular weight is 300 g/mol. The Kier molecular flexibility index (Phi) is 3.19. The molecule has 0 unspecified atom stereocenters. The second-order valence-corrected chi connectivity index (χ2v) is 3.76. The highest BCUT2D eigenvalue weighted by atomic mass is 127. The number of hydrogen-bond donors (Lipinski definition) is 1. The summed E-state index contributed by atoms with van der Waals surface area (Å²) < 4.78 is 0.714. The standard InChI is InChI=1S/C9H5IN2O2/c10-7-1-5(3-11)8(9(12)14)6(2-7)4-13/h1-2,4H,(H2,12,14). The molecule has 1 aromatic rings. The summed E-state index contributed by atoms with van der Waals surface area (Å²) in [6.45, 7) is 0. The second-order valence-electron chi connectivity index (χ2n) is 2.51. The number of benzene rings is 1. The Labute approximate surface area is 93.8 Å². The normalized spacial score (nSPS) is 9.14. The number of nitriles is 1. The molecule has 0 saturated carbocycles. The SMILES string of the molecule is N#Cc1cc(I)cc(C=O)c1C(N)=O. The van der Waals surface area contributed by atoms with Gasteiger partial charge in [-0.2, -0.15) is 5.26 Å². The number of primary amides is 1. The molecule has 0 aliphatic rings. The van der Waals surface area contributed by atoms with Crippen LogP contribution in [0.5, 0.6) is 0 Å². The minimum atomic E-state index is -0.764.